The molecule has 0 atom stereocenters. The van der Waals surface area contributed by atoms with Gasteiger partial charge in [0.15, 0.2) is 0 Å². The summed E-state index contributed by atoms with van der Waals surface area (Å²) >= 11 is 4.95. The number of hydrogen-bond donors (Lipinski definition) is 1. The van der Waals surface area contributed by atoms with Gasteiger partial charge in [0.1, 0.15) is 6.54 Å². The van der Waals surface area contributed by atoms with E-state index in [0.717, 1.165) is 14.2 Å². The van der Waals surface area contributed by atoms with Crippen molar-refractivity contribution >= 4 is 44.1 Å². The van der Waals surface area contributed by atoms with Crippen LogP contribution in [0.15, 0.2) is 45.2 Å². The summed E-state index contributed by atoms with van der Waals surface area (Å²) in [5.74, 6) is -0.217. The summed E-state index contributed by atoms with van der Waals surface area (Å²) in [7, 11) is 0. The summed E-state index contributed by atoms with van der Waals surface area (Å²) in [4.78, 5) is 29.8. The minimum Gasteiger partial charge on any atom is -0.350 e. The normalized spacial score (nSPS) is 10.9. The van der Waals surface area contributed by atoms with E-state index in [2.05, 4.69) is 26.2 Å². The number of thiophene rings is 1. The second-order valence-electron chi connectivity index (χ2n) is 5.13. The summed E-state index contributed by atoms with van der Waals surface area (Å²) in [6, 6.07) is 9.34. The van der Waals surface area contributed by atoms with Crippen molar-refractivity contribution in [1.82, 2.24) is 14.9 Å². The van der Waals surface area contributed by atoms with Gasteiger partial charge < -0.3 is 5.32 Å². The quantitative estimate of drug-likeness (QED) is 0.743. The van der Waals surface area contributed by atoms with Crippen LogP contribution in [0.4, 0.5) is 0 Å². The van der Waals surface area contributed by atoms with Crippen molar-refractivity contribution < 1.29 is 4.79 Å². The number of amides is 1. The standard InChI is InChI=1S/C16H14BrN3O2S/c1-10-3-2-4-12-15(10)19-9-20(16(12)22)8-14(21)18-7-11-5-6-13(17)23-11/h2-6,9H,7-8H2,1H3,(H,18,21). The number of fused-ring (bicyclic) bond motifs is 1. The molecule has 0 aliphatic heterocycles. The fourth-order valence-corrected chi connectivity index (χ4v) is 3.72. The maximum Gasteiger partial charge on any atom is 0.261 e. The molecule has 0 saturated heterocycles. The van der Waals surface area contributed by atoms with Gasteiger partial charge in [0.2, 0.25) is 5.91 Å². The maximum absolute atomic E-state index is 12.4. The van der Waals surface area contributed by atoms with E-state index in [4.69, 9.17) is 0 Å². The van der Waals surface area contributed by atoms with E-state index in [0.29, 0.717) is 17.4 Å². The number of halogens is 1. The van der Waals surface area contributed by atoms with Crippen LogP contribution in [0.5, 0.6) is 0 Å². The van der Waals surface area contributed by atoms with Crippen LogP contribution in [-0.4, -0.2) is 15.5 Å². The van der Waals surface area contributed by atoms with Gasteiger partial charge in [0, 0.05) is 4.88 Å². The van der Waals surface area contributed by atoms with E-state index in [1.807, 2.05) is 31.2 Å². The Morgan fingerprint density at radius 1 is 1.35 bits per heavy atom. The van der Waals surface area contributed by atoms with Gasteiger partial charge in [0.05, 0.1) is 27.6 Å². The molecule has 0 aliphatic rings. The monoisotopic (exact) mass is 391 g/mol. The van der Waals surface area contributed by atoms with Crippen LogP contribution >= 0.6 is 27.3 Å². The summed E-state index contributed by atoms with van der Waals surface area (Å²) in [5, 5.41) is 3.34. The molecular formula is C16H14BrN3O2S. The summed E-state index contributed by atoms with van der Waals surface area (Å²) in [6.07, 6.45) is 1.43. The topological polar surface area (TPSA) is 64.0 Å². The first-order valence-corrected chi connectivity index (χ1v) is 8.61. The number of nitrogens with one attached hydrogen (secondary N) is 1. The van der Waals surface area contributed by atoms with Crippen LogP contribution in [0.2, 0.25) is 0 Å². The van der Waals surface area contributed by atoms with Crippen molar-refractivity contribution in [3.63, 3.8) is 0 Å². The predicted molar refractivity (Wildman–Crippen MR) is 94.6 cm³/mol. The minimum absolute atomic E-state index is 0.0394. The third-order valence-corrected chi connectivity index (χ3v) is 5.08. The van der Waals surface area contributed by atoms with Gasteiger partial charge in [-0.05, 0) is 46.6 Å². The van der Waals surface area contributed by atoms with Gasteiger partial charge in [-0.1, -0.05) is 12.1 Å². The number of benzene rings is 1. The molecular weight excluding hydrogens is 378 g/mol. The van der Waals surface area contributed by atoms with Gasteiger partial charge in [-0.3, -0.25) is 14.2 Å². The van der Waals surface area contributed by atoms with Gasteiger partial charge in [-0.2, -0.15) is 0 Å². The smallest absolute Gasteiger partial charge is 0.261 e. The molecule has 1 aromatic carbocycles. The number of carbonyl (C=O) groups excluding carboxylic acids is 1. The average molecular weight is 392 g/mol. The lowest BCUT2D eigenvalue weighted by molar-refractivity contribution is -0.121. The van der Waals surface area contributed by atoms with Gasteiger partial charge in [0.25, 0.3) is 5.56 Å². The molecule has 0 saturated carbocycles. The molecule has 2 heterocycles. The first-order valence-electron chi connectivity index (χ1n) is 7.00. The molecule has 3 aromatic rings. The van der Waals surface area contributed by atoms with Crippen molar-refractivity contribution in [2.45, 2.75) is 20.0 Å². The SMILES string of the molecule is Cc1cccc2c(=O)n(CC(=O)NCc3ccc(Br)s3)cnc12. The van der Waals surface area contributed by atoms with Crippen LogP contribution in [0.1, 0.15) is 10.4 Å². The lowest BCUT2D eigenvalue weighted by Gasteiger charge is -2.08. The van der Waals surface area contributed by atoms with E-state index in [-0.39, 0.29) is 18.0 Å². The number of nitrogens with zero attached hydrogens (tertiary/aromatic N) is 2. The largest absolute Gasteiger partial charge is 0.350 e. The van der Waals surface area contributed by atoms with Crippen molar-refractivity contribution in [1.29, 1.82) is 0 Å². The van der Waals surface area contributed by atoms with Gasteiger partial charge in [-0.15, -0.1) is 11.3 Å². The van der Waals surface area contributed by atoms with Crippen molar-refractivity contribution in [3.05, 3.63) is 61.2 Å². The van der Waals surface area contributed by atoms with Gasteiger partial charge in [-0.25, -0.2) is 4.98 Å². The van der Waals surface area contributed by atoms with Crippen LogP contribution in [0.3, 0.4) is 0 Å². The molecule has 118 valence electrons. The zero-order chi connectivity index (χ0) is 16.4. The minimum atomic E-state index is -0.217. The first kappa shape index (κ1) is 15.9. The summed E-state index contributed by atoms with van der Waals surface area (Å²) in [6.45, 7) is 2.32. The van der Waals surface area contributed by atoms with Crippen molar-refractivity contribution in [2.75, 3.05) is 0 Å². The number of rotatable bonds is 4. The molecule has 0 bridgehead atoms. The maximum atomic E-state index is 12.4. The number of aryl methyl sites for hydroxylation is 1. The zero-order valence-electron chi connectivity index (χ0n) is 12.4. The lowest BCUT2D eigenvalue weighted by Crippen LogP contribution is -2.32. The highest BCUT2D eigenvalue weighted by Crippen LogP contribution is 2.21. The molecule has 0 radical (unpaired) electrons. The van der Waals surface area contributed by atoms with Gasteiger partial charge >= 0.3 is 0 Å². The molecule has 0 fully saturated rings. The number of carbonyl (C=O) groups is 1. The molecule has 3 rings (SSSR count). The second kappa shape index (κ2) is 6.64. The fraction of sp³-hybridized carbons (Fsp3) is 0.188. The van der Waals surface area contributed by atoms with Crippen molar-refractivity contribution in [2.24, 2.45) is 0 Å². The Bertz CT molecular complexity index is 932. The highest BCUT2D eigenvalue weighted by molar-refractivity contribution is 9.11. The number of aromatic nitrogens is 2. The summed E-state index contributed by atoms with van der Waals surface area (Å²) in [5.41, 5.74) is 1.42. The number of hydrogen-bond acceptors (Lipinski definition) is 4. The molecule has 1 N–H and O–H groups in total. The predicted octanol–water partition coefficient (Wildman–Crippen LogP) is 2.85. The molecule has 0 unspecified atom stereocenters. The third-order valence-electron chi connectivity index (χ3n) is 3.46. The third kappa shape index (κ3) is 3.51. The molecule has 7 heteroatoms. The van der Waals surface area contributed by atoms with E-state index in [1.54, 1.807) is 17.4 Å². The Labute approximate surface area is 145 Å². The Morgan fingerprint density at radius 3 is 2.91 bits per heavy atom. The average Bonchev–Trinajstić information content (AvgIpc) is 2.94. The van der Waals surface area contributed by atoms with Crippen LogP contribution in [-0.2, 0) is 17.9 Å². The number of para-hydroxylation sites is 1. The molecule has 0 spiro atoms. The molecule has 0 aliphatic carbocycles. The van der Waals surface area contributed by atoms with E-state index < -0.39 is 0 Å². The molecule has 1 amide bonds. The lowest BCUT2D eigenvalue weighted by atomic mass is 10.1. The Hall–Kier alpha value is -1.99. The molecule has 2 aromatic heterocycles. The van der Waals surface area contributed by atoms with E-state index in [9.17, 15) is 9.59 Å². The van der Waals surface area contributed by atoms with E-state index >= 15 is 0 Å². The summed E-state index contributed by atoms with van der Waals surface area (Å²) < 4.78 is 2.36. The molecule has 5 nitrogen and oxygen atoms in total. The zero-order valence-corrected chi connectivity index (χ0v) is 14.8. The van der Waals surface area contributed by atoms with Crippen LogP contribution in [0.25, 0.3) is 10.9 Å². The fourth-order valence-electron chi connectivity index (χ4n) is 2.29. The second-order valence-corrected chi connectivity index (χ2v) is 7.68. The van der Waals surface area contributed by atoms with Crippen molar-refractivity contribution in [3.8, 4) is 0 Å². The van der Waals surface area contributed by atoms with E-state index in [1.165, 1.54) is 10.9 Å². The van der Waals surface area contributed by atoms with Crippen LogP contribution < -0.4 is 10.9 Å². The Kier molecular flexibility index (Phi) is 4.58. The highest BCUT2D eigenvalue weighted by atomic mass is 79.9. The van der Waals surface area contributed by atoms with Crippen LogP contribution in [0, 0.1) is 6.92 Å². The Balaban J connectivity index is 1.75. The highest BCUT2D eigenvalue weighted by Gasteiger charge is 2.09. The Morgan fingerprint density at radius 2 is 2.17 bits per heavy atom. The first-order chi connectivity index (χ1) is 11.0. The molecule has 23 heavy (non-hydrogen) atoms.